The van der Waals surface area contributed by atoms with Gasteiger partial charge in [0, 0.05) is 31.8 Å². The van der Waals surface area contributed by atoms with E-state index >= 15 is 0 Å². The maximum atomic E-state index is 9.90. The molecule has 1 fully saturated rings. The zero-order chi connectivity index (χ0) is 13.0. The van der Waals surface area contributed by atoms with Crippen LogP contribution < -0.4 is 0 Å². The monoisotopic (exact) mass is 249 g/mol. The maximum Gasteiger partial charge on any atom is 0.120 e. The summed E-state index contributed by atoms with van der Waals surface area (Å²) in [7, 11) is 0. The highest BCUT2D eigenvalue weighted by Gasteiger charge is 2.18. The zero-order valence-corrected chi connectivity index (χ0v) is 11.4. The topological polar surface area (TPSA) is 32.7 Å². The molecule has 0 aliphatic carbocycles. The number of phenols is 1. The lowest BCUT2D eigenvalue weighted by molar-refractivity contribution is 0.0509. The van der Waals surface area contributed by atoms with Crippen molar-refractivity contribution in [1.82, 2.24) is 4.90 Å². The Labute approximate surface area is 109 Å². The molecule has 0 spiro atoms. The molecule has 1 atom stereocenters. The number of phenolic OH excluding ortho intramolecular Hbond substituents is 1. The maximum absolute atomic E-state index is 9.90. The van der Waals surface area contributed by atoms with Gasteiger partial charge >= 0.3 is 0 Å². The van der Waals surface area contributed by atoms with Crippen LogP contribution in [0.1, 0.15) is 30.9 Å². The Bertz CT molecular complexity index is 392. The first-order valence-corrected chi connectivity index (χ1v) is 6.81. The van der Waals surface area contributed by atoms with Crippen molar-refractivity contribution in [2.75, 3.05) is 19.7 Å². The summed E-state index contributed by atoms with van der Waals surface area (Å²) in [6, 6.07) is 5.80. The summed E-state index contributed by atoms with van der Waals surface area (Å²) < 4.78 is 5.77. The first kappa shape index (κ1) is 13.4. The summed E-state index contributed by atoms with van der Waals surface area (Å²) in [6.45, 7) is 7.90. The highest BCUT2D eigenvalue weighted by Crippen LogP contribution is 2.21. The SMILES string of the molecule is CCC1CN(Cc2cc(C)ccc2O)CCCO1. The number of ether oxygens (including phenoxy) is 1. The van der Waals surface area contributed by atoms with Gasteiger partial charge in [0.25, 0.3) is 0 Å². The Kier molecular flexibility index (Phi) is 4.61. The van der Waals surface area contributed by atoms with Gasteiger partial charge in [0.15, 0.2) is 0 Å². The minimum absolute atomic E-state index is 0.333. The lowest BCUT2D eigenvalue weighted by Gasteiger charge is -2.23. The standard InChI is InChI=1S/C15H23NO2/c1-3-14-11-16(7-4-8-18-14)10-13-9-12(2)5-6-15(13)17/h5-6,9,14,17H,3-4,7-8,10-11H2,1-2H3. The number of aromatic hydroxyl groups is 1. The van der Waals surface area contributed by atoms with Crippen LogP contribution in [0.4, 0.5) is 0 Å². The van der Waals surface area contributed by atoms with E-state index < -0.39 is 0 Å². The number of rotatable bonds is 3. The first-order chi connectivity index (χ1) is 8.69. The Morgan fingerprint density at radius 2 is 2.28 bits per heavy atom. The molecule has 0 radical (unpaired) electrons. The van der Waals surface area contributed by atoms with Gasteiger partial charge in [-0.15, -0.1) is 0 Å². The van der Waals surface area contributed by atoms with Gasteiger partial charge in [0.1, 0.15) is 5.75 Å². The van der Waals surface area contributed by atoms with Crippen LogP contribution in [-0.4, -0.2) is 35.8 Å². The number of benzene rings is 1. The molecule has 0 saturated carbocycles. The van der Waals surface area contributed by atoms with Gasteiger partial charge in [-0.2, -0.15) is 0 Å². The van der Waals surface area contributed by atoms with Crippen LogP contribution in [0.25, 0.3) is 0 Å². The van der Waals surface area contributed by atoms with Crippen molar-refractivity contribution < 1.29 is 9.84 Å². The summed E-state index contributed by atoms with van der Waals surface area (Å²) in [5.74, 6) is 0.402. The molecule has 1 aromatic carbocycles. The van der Waals surface area contributed by atoms with E-state index in [1.54, 1.807) is 6.07 Å². The smallest absolute Gasteiger partial charge is 0.120 e. The molecule has 1 aromatic rings. The lowest BCUT2D eigenvalue weighted by Crippen LogP contribution is -2.31. The van der Waals surface area contributed by atoms with Gasteiger partial charge < -0.3 is 9.84 Å². The molecule has 0 amide bonds. The van der Waals surface area contributed by atoms with Crippen molar-refractivity contribution in [3.63, 3.8) is 0 Å². The predicted octanol–water partition coefficient (Wildman–Crippen LogP) is 2.70. The average molecular weight is 249 g/mol. The Hall–Kier alpha value is -1.06. The second kappa shape index (κ2) is 6.21. The molecular formula is C15H23NO2. The lowest BCUT2D eigenvalue weighted by atomic mass is 10.1. The van der Waals surface area contributed by atoms with Crippen LogP contribution in [0, 0.1) is 6.92 Å². The van der Waals surface area contributed by atoms with E-state index in [1.165, 1.54) is 5.56 Å². The van der Waals surface area contributed by atoms with Crippen LogP contribution in [0.5, 0.6) is 5.75 Å². The van der Waals surface area contributed by atoms with Crippen LogP contribution in [-0.2, 0) is 11.3 Å². The molecule has 0 aromatic heterocycles. The van der Waals surface area contributed by atoms with Gasteiger partial charge in [0.2, 0.25) is 0 Å². The van der Waals surface area contributed by atoms with E-state index in [4.69, 9.17) is 4.74 Å². The molecule has 1 saturated heterocycles. The second-order valence-electron chi connectivity index (χ2n) is 5.12. The van der Waals surface area contributed by atoms with Crippen LogP contribution in [0.2, 0.25) is 0 Å². The van der Waals surface area contributed by atoms with Crippen molar-refractivity contribution in [3.05, 3.63) is 29.3 Å². The van der Waals surface area contributed by atoms with E-state index in [-0.39, 0.29) is 0 Å². The Balaban J connectivity index is 2.04. The first-order valence-electron chi connectivity index (χ1n) is 6.81. The van der Waals surface area contributed by atoms with Crippen molar-refractivity contribution in [2.24, 2.45) is 0 Å². The van der Waals surface area contributed by atoms with Crippen molar-refractivity contribution in [3.8, 4) is 5.75 Å². The van der Waals surface area contributed by atoms with Gasteiger partial charge in [-0.25, -0.2) is 0 Å². The molecule has 1 unspecified atom stereocenters. The van der Waals surface area contributed by atoms with Crippen molar-refractivity contribution in [2.45, 2.75) is 39.3 Å². The fourth-order valence-corrected chi connectivity index (χ4v) is 2.44. The number of hydrogen-bond acceptors (Lipinski definition) is 3. The Morgan fingerprint density at radius 3 is 3.06 bits per heavy atom. The molecule has 2 rings (SSSR count). The van der Waals surface area contributed by atoms with E-state index in [2.05, 4.69) is 24.8 Å². The molecule has 3 heteroatoms. The largest absolute Gasteiger partial charge is 0.508 e. The molecule has 18 heavy (non-hydrogen) atoms. The predicted molar refractivity (Wildman–Crippen MR) is 72.8 cm³/mol. The molecule has 0 bridgehead atoms. The van der Waals surface area contributed by atoms with Gasteiger partial charge in [-0.05, 0) is 25.8 Å². The number of nitrogens with zero attached hydrogens (tertiary/aromatic N) is 1. The summed E-state index contributed by atoms with van der Waals surface area (Å²) >= 11 is 0. The van der Waals surface area contributed by atoms with Crippen LogP contribution >= 0.6 is 0 Å². The molecule has 1 N–H and O–H groups in total. The van der Waals surface area contributed by atoms with Crippen LogP contribution in [0.15, 0.2) is 18.2 Å². The minimum atomic E-state index is 0.333. The summed E-state index contributed by atoms with van der Waals surface area (Å²) in [5, 5.41) is 9.90. The Morgan fingerprint density at radius 1 is 1.44 bits per heavy atom. The highest BCUT2D eigenvalue weighted by molar-refractivity contribution is 5.35. The van der Waals surface area contributed by atoms with E-state index in [0.29, 0.717) is 11.9 Å². The van der Waals surface area contributed by atoms with E-state index in [9.17, 15) is 5.11 Å². The van der Waals surface area contributed by atoms with E-state index in [0.717, 1.165) is 44.6 Å². The normalized spacial score (nSPS) is 21.8. The summed E-state index contributed by atoms with van der Waals surface area (Å²) in [5.41, 5.74) is 2.22. The number of hydrogen-bond donors (Lipinski definition) is 1. The minimum Gasteiger partial charge on any atom is -0.508 e. The second-order valence-corrected chi connectivity index (χ2v) is 5.12. The third-order valence-electron chi connectivity index (χ3n) is 3.52. The zero-order valence-electron chi connectivity index (χ0n) is 11.4. The van der Waals surface area contributed by atoms with Gasteiger partial charge in [-0.3, -0.25) is 4.90 Å². The molecule has 100 valence electrons. The van der Waals surface area contributed by atoms with E-state index in [1.807, 2.05) is 6.07 Å². The quantitative estimate of drug-likeness (QED) is 0.894. The third-order valence-corrected chi connectivity index (χ3v) is 3.52. The molecular weight excluding hydrogens is 226 g/mol. The molecule has 1 aliphatic heterocycles. The van der Waals surface area contributed by atoms with Gasteiger partial charge in [-0.1, -0.05) is 24.6 Å². The fourth-order valence-electron chi connectivity index (χ4n) is 2.44. The van der Waals surface area contributed by atoms with Gasteiger partial charge in [0.05, 0.1) is 6.10 Å². The fraction of sp³-hybridized carbons (Fsp3) is 0.600. The van der Waals surface area contributed by atoms with Crippen molar-refractivity contribution in [1.29, 1.82) is 0 Å². The van der Waals surface area contributed by atoms with Crippen molar-refractivity contribution >= 4 is 0 Å². The van der Waals surface area contributed by atoms with Crippen LogP contribution in [0.3, 0.4) is 0 Å². The highest BCUT2D eigenvalue weighted by atomic mass is 16.5. The molecule has 3 nitrogen and oxygen atoms in total. The summed E-state index contributed by atoms with van der Waals surface area (Å²) in [6.07, 6.45) is 2.46. The average Bonchev–Trinajstić information content (AvgIpc) is 2.59. The summed E-state index contributed by atoms with van der Waals surface area (Å²) in [4.78, 5) is 2.38. The third kappa shape index (κ3) is 3.47. The number of aryl methyl sites for hydroxylation is 1. The molecule has 1 heterocycles. The molecule has 1 aliphatic rings.